The van der Waals surface area contributed by atoms with Crippen molar-refractivity contribution in [2.45, 2.75) is 6.92 Å². The minimum Gasteiger partial charge on any atom is -0.409 e. The van der Waals surface area contributed by atoms with Crippen LogP contribution in [0.2, 0.25) is 0 Å². The van der Waals surface area contributed by atoms with Crippen molar-refractivity contribution in [1.82, 2.24) is 0 Å². The molecule has 0 fully saturated rings. The number of hydrogen-bond acceptors (Lipinski definition) is 3. The fourth-order valence-corrected chi connectivity index (χ4v) is 2.04. The van der Waals surface area contributed by atoms with Crippen LogP contribution in [0.1, 0.15) is 11.1 Å². The maximum atomic E-state index is 8.69. The van der Waals surface area contributed by atoms with Crippen LogP contribution in [-0.2, 0) is 0 Å². The smallest absolute Gasteiger partial charge is 0.170 e. The van der Waals surface area contributed by atoms with E-state index in [0.29, 0.717) is 5.56 Å². The number of hydrogen-bond donors (Lipinski definition) is 2. The van der Waals surface area contributed by atoms with Gasteiger partial charge < -0.3 is 15.8 Å². The Morgan fingerprint density at radius 1 is 1.16 bits per heavy atom. The molecule has 98 valence electrons. The van der Waals surface area contributed by atoms with Gasteiger partial charge >= 0.3 is 0 Å². The van der Waals surface area contributed by atoms with E-state index in [-0.39, 0.29) is 5.84 Å². The molecule has 19 heavy (non-hydrogen) atoms. The fourth-order valence-electron chi connectivity index (χ4n) is 2.04. The zero-order valence-electron chi connectivity index (χ0n) is 11.0. The maximum absolute atomic E-state index is 8.69. The van der Waals surface area contributed by atoms with Crippen LogP contribution in [-0.4, -0.2) is 18.1 Å². The SMILES string of the molecule is Cc1cc(/C(N)=N/O)ccc1N(C)c1ccccc1. The quantitative estimate of drug-likeness (QED) is 0.384. The van der Waals surface area contributed by atoms with Gasteiger partial charge in [0.25, 0.3) is 0 Å². The zero-order valence-corrected chi connectivity index (χ0v) is 11.0. The summed E-state index contributed by atoms with van der Waals surface area (Å²) in [6, 6.07) is 15.8. The normalized spacial score (nSPS) is 11.4. The van der Waals surface area contributed by atoms with Crippen LogP contribution < -0.4 is 10.6 Å². The Morgan fingerprint density at radius 3 is 2.42 bits per heavy atom. The van der Waals surface area contributed by atoms with Crippen LogP contribution in [0.4, 0.5) is 11.4 Å². The summed E-state index contributed by atoms with van der Waals surface area (Å²) in [7, 11) is 2.01. The molecule has 0 bridgehead atoms. The van der Waals surface area contributed by atoms with E-state index in [1.807, 2.05) is 50.4 Å². The summed E-state index contributed by atoms with van der Waals surface area (Å²) in [4.78, 5) is 2.10. The molecule has 0 heterocycles. The van der Waals surface area contributed by atoms with Crippen molar-refractivity contribution < 1.29 is 5.21 Å². The van der Waals surface area contributed by atoms with E-state index in [1.54, 1.807) is 0 Å². The van der Waals surface area contributed by atoms with E-state index >= 15 is 0 Å². The lowest BCUT2D eigenvalue weighted by Crippen LogP contribution is -2.15. The number of oxime groups is 1. The lowest BCUT2D eigenvalue weighted by molar-refractivity contribution is 0.318. The van der Waals surface area contributed by atoms with Crippen molar-refractivity contribution in [2.24, 2.45) is 10.9 Å². The minimum atomic E-state index is 0.122. The highest BCUT2D eigenvalue weighted by atomic mass is 16.4. The molecule has 2 rings (SSSR count). The number of amidine groups is 1. The Bertz CT molecular complexity index is 594. The molecule has 0 aliphatic heterocycles. The van der Waals surface area contributed by atoms with Gasteiger partial charge in [-0.3, -0.25) is 0 Å². The topological polar surface area (TPSA) is 61.9 Å². The molecule has 4 heteroatoms. The van der Waals surface area contributed by atoms with Gasteiger partial charge in [0.1, 0.15) is 0 Å². The van der Waals surface area contributed by atoms with Crippen LogP contribution in [0.5, 0.6) is 0 Å². The molecule has 0 aliphatic rings. The first kappa shape index (κ1) is 13.0. The molecule has 0 amide bonds. The van der Waals surface area contributed by atoms with E-state index in [2.05, 4.69) is 22.2 Å². The molecule has 0 spiro atoms. The Balaban J connectivity index is 2.37. The van der Waals surface area contributed by atoms with Gasteiger partial charge in [0.05, 0.1) is 0 Å². The van der Waals surface area contributed by atoms with Crippen molar-refractivity contribution in [3.05, 3.63) is 59.7 Å². The Hall–Kier alpha value is -2.49. The van der Waals surface area contributed by atoms with Crippen molar-refractivity contribution in [1.29, 1.82) is 0 Å². The first-order chi connectivity index (χ1) is 9.13. The number of para-hydroxylation sites is 1. The average molecular weight is 255 g/mol. The first-order valence-electron chi connectivity index (χ1n) is 6.01. The van der Waals surface area contributed by atoms with E-state index in [4.69, 9.17) is 10.9 Å². The molecule has 3 N–H and O–H groups in total. The highest BCUT2D eigenvalue weighted by Gasteiger charge is 2.08. The van der Waals surface area contributed by atoms with Gasteiger partial charge in [0.15, 0.2) is 5.84 Å². The second kappa shape index (κ2) is 5.44. The lowest BCUT2D eigenvalue weighted by Gasteiger charge is -2.22. The third-order valence-electron chi connectivity index (χ3n) is 3.11. The Labute approximate surface area is 112 Å². The summed E-state index contributed by atoms with van der Waals surface area (Å²) in [6.07, 6.45) is 0. The van der Waals surface area contributed by atoms with E-state index in [9.17, 15) is 0 Å². The molecule has 0 atom stereocenters. The molecular weight excluding hydrogens is 238 g/mol. The molecule has 2 aromatic carbocycles. The monoisotopic (exact) mass is 255 g/mol. The second-order valence-electron chi connectivity index (χ2n) is 4.38. The molecule has 0 saturated heterocycles. The summed E-state index contributed by atoms with van der Waals surface area (Å²) in [5.41, 5.74) is 9.56. The van der Waals surface area contributed by atoms with Crippen molar-refractivity contribution in [3.63, 3.8) is 0 Å². The van der Waals surface area contributed by atoms with Gasteiger partial charge in [-0.05, 0) is 42.8 Å². The zero-order chi connectivity index (χ0) is 13.8. The number of nitrogens with zero attached hydrogens (tertiary/aromatic N) is 2. The van der Waals surface area contributed by atoms with Crippen molar-refractivity contribution in [3.8, 4) is 0 Å². The largest absolute Gasteiger partial charge is 0.409 e. The molecule has 0 aliphatic carbocycles. The van der Waals surface area contributed by atoms with Gasteiger partial charge in [-0.25, -0.2) is 0 Å². The molecule has 0 aromatic heterocycles. The van der Waals surface area contributed by atoms with Gasteiger partial charge in [0.2, 0.25) is 0 Å². The fraction of sp³-hybridized carbons (Fsp3) is 0.133. The highest BCUT2D eigenvalue weighted by molar-refractivity contribution is 5.97. The summed E-state index contributed by atoms with van der Waals surface area (Å²) in [6.45, 7) is 2.00. The van der Waals surface area contributed by atoms with Crippen molar-refractivity contribution in [2.75, 3.05) is 11.9 Å². The van der Waals surface area contributed by atoms with Gasteiger partial charge in [0, 0.05) is 24.0 Å². The number of benzene rings is 2. The molecule has 0 radical (unpaired) electrons. The highest BCUT2D eigenvalue weighted by Crippen LogP contribution is 2.27. The van der Waals surface area contributed by atoms with Gasteiger partial charge in [-0.15, -0.1) is 0 Å². The van der Waals surface area contributed by atoms with Gasteiger partial charge in [-0.2, -0.15) is 0 Å². The standard InChI is InChI=1S/C15H17N3O/c1-11-10-12(15(16)17-19)8-9-14(11)18(2)13-6-4-3-5-7-13/h3-10,19H,1-2H3,(H2,16,17). The van der Waals surface area contributed by atoms with Crippen LogP contribution in [0.25, 0.3) is 0 Å². The number of aryl methyl sites for hydroxylation is 1. The van der Waals surface area contributed by atoms with Gasteiger partial charge in [-0.1, -0.05) is 23.4 Å². The van der Waals surface area contributed by atoms with E-state index in [0.717, 1.165) is 16.9 Å². The third-order valence-corrected chi connectivity index (χ3v) is 3.11. The molecule has 0 saturated carbocycles. The van der Waals surface area contributed by atoms with E-state index < -0.39 is 0 Å². The lowest BCUT2D eigenvalue weighted by atomic mass is 10.1. The Morgan fingerprint density at radius 2 is 1.84 bits per heavy atom. The predicted molar refractivity (Wildman–Crippen MR) is 78.2 cm³/mol. The third kappa shape index (κ3) is 2.68. The molecule has 2 aromatic rings. The molecular formula is C15H17N3O. The molecule has 0 unspecified atom stereocenters. The summed E-state index contributed by atoms with van der Waals surface area (Å²) in [5.74, 6) is 0.122. The molecule has 4 nitrogen and oxygen atoms in total. The summed E-state index contributed by atoms with van der Waals surface area (Å²) in [5, 5.41) is 11.7. The van der Waals surface area contributed by atoms with Crippen LogP contribution >= 0.6 is 0 Å². The number of nitrogens with two attached hydrogens (primary N) is 1. The van der Waals surface area contributed by atoms with Crippen LogP contribution in [0, 0.1) is 6.92 Å². The van der Waals surface area contributed by atoms with Crippen LogP contribution in [0.15, 0.2) is 53.7 Å². The summed E-state index contributed by atoms with van der Waals surface area (Å²) < 4.78 is 0. The Kier molecular flexibility index (Phi) is 3.71. The second-order valence-corrected chi connectivity index (χ2v) is 4.38. The first-order valence-corrected chi connectivity index (χ1v) is 6.01. The number of anilines is 2. The maximum Gasteiger partial charge on any atom is 0.170 e. The minimum absolute atomic E-state index is 0.122. The van der Waals surface area contributed by atoms with Crippen LogP contribution in [0.3, 0.4) is 0 Å². The predicted octanol–water partition coefficient (Wildman–Crippen LogP) is 2.86. The van der Waals surface area contributed by atoms with Crippen molar-refractivity contribution >= 4 is 17.2 Å². The average Bonchev–Trinajstić information content (AvgIpc) is 2.46. The summed E-state index contributed by atoms with van der Waals surface area (Å²) >= 11 is 0. The number of rotatable bonds is 3. The van der Waals surface area contributed by atoms with E-state index in [1.165, 1.54) is 0 Å².